The van der Waals surface area contributed by atoms with E-state index in [0.29, 0.717) is 17.6 Å². The minimum atomic E-state index is 0. The second-order valence-corrected chi connectivity index (χ2v) is 5.97. The van der Waals surface area contributed by atoms with Crippen LogP contribution in [-0.4, -0.2) is 50.5 Å². The first-order valence-corrected chi connectivity index (χ1v) is 7.81. The first-order valence-electron chi connectivity index (χ1n) is 7.81. The highest BCUT2D eigenvalue weighted by Gasteiger charge is 2.38. The Morgan fingerprint density at radius 1 is 1.17 bits per heavy atom. The fraction of sp³-hybridized carbons (Fsp3) is 0.438. The topological polar surface area (TPSA) is 63.1 Å². The lowest BCUT2D eigenvalue weighted by atomic mass is 10.1. The zero-order valence-corrected chi connectivity index (χ0v) is 14.8. The highest BCUT2D eigenvalue weighted by atomic mass is 35.5. The van der Waals surface area contributed by atoms with E-state index in [-0.39, 0.29) is 30.7 Å². The predicted octanol–water partition coefficient (Wildman–Crippen LogP) is 2.08. The summed E-state index contributed by atoms with van der Waals surface area (Å²) in [7, 11) is 0. The van der Waals surface area contributed by atoms with E-state index in [2.05, 4.69) is 20.2 Å². The molecule has 0 saturated carbocycles. The Hall–Kier alpha value is -1.63. The summed E-state index contributed by atoms with van der Waals surface area (Å²) in [5, 5.41) is 3.42. The molecule has 1 amide bonds. The first kappa shape index (κ1) is 18.7. The zero-order valence-electron chi connectivity index (χ0n) is 13.2. The van der Waals surface area contributed by atoms with Crippen LogP contribution in [0.1, 0.15) is 29.6 Å². The molecule has 24 heavy (non-hydrogen) atoms. The summed E-state index contributed by atoms with van der Waals surface area (Å²) >= 11 is 0. The van der Waals surface area contributed by atoms with Crippen molar-refractivity contribution in [3.63, 3.8) is 0 Å². The Labute approximate surface area is 153 Å². The molecule has 2 aliphatic heterocycles. The summed E-state index contributed by atoms with van der Waals surface area (Å²) in [6.07, 6.45) is 10.2. The molecule has 6 nitrogen and oxygen atoms in total. The molecule has 2 aliphatic rings. The number of hydrogen-bond donors (Lipinski definition) is 1. The Balaban J connectivity index is 0.00000104. The molecule has 2 unspecified atom stereocenters. The van der Waals surface area contributed by atoms with Gasteiger partial charge in [-0.25, -0.2) is 9.97 Å². The number of amides is 1. The lowest BCUT2D eigenvalue weighted by Crippen LogP contribution is -2.42. The fourth-order valence-electron chi connectivity index (χ4n) is 3.52. The van der Waals surface area contributed by atoms with E-state index in [1.165, 1.54) is 0 Å². The van der Waals surface area contributed by atoms with Crippen LogP contribution in [0.25, 0.3) is 5.82 Å². The lowest BCUT2D eigenvalue weighted by molar-refractivity contribution is 0.0680. The van der Waals surface area contributed by atoms with Crippen molar-refractivity contribution in [3.8, 4) is 5.82 Å². The summed E-state index contributed by atoms with van der Waals surface area (Å²) in [4.78, 5) is 23.3. The number of aromatic nitrogens is 3. The van der Waals surface area contributed by atoms with E-state index in [1.807, 2.05) is 22.9 Å². The van der Waals surface area contributed by atoms with Crippen molar-refractivity contribution in [2.45, 2.75) is 31.3 Å². The smallest absolute Gasteiger partial charge is 0.255 e. The quantitative estimate of drug-likeness (QED) is 0.879. The highest BCUT2D eigenvalue weighted by Crippen LogP contribution is 2.29. The van der Waals surface area contributed by atoms with Crippen molar-refractivity contribution in [3.05, 3.63) is 42.6 Å². The number of nitrogens with one attached hydrogen (secondary N) is 1. The van der Waals surface area contributed by atoms with Crippen LogP contribution in [0, 0.1) is 0 Å². The fourth-order valence-corrected chi connectivity index (χ4v) is 3.52. The van der Waals surface area contributed by atoms with E-state index in [0.717, 1.165) is 38.2 Å². The molecule has 4 rings (SSSR count). The molecule has 0 aromatic carbocycles. The van der Waals surface area contributed by atoms with Gasteiger partial charge in [0.15, 0.2) is 0 Å². The molecule has 2 aromatic rings. The van der Waals surface area contributed by atoms with Crippen molar-refractivity contribution < 1.29 is 4.79 Å². The number of carbonyl (C=O) groups is 1. The van der Waals surface area contributed by atoms with Crippen LogP contribution in [-0.2, 0) is 0 Å². The molecule has 0 aliphatic carbocycles. The monoisotopic (exact) mass is 369 g/mol. The third-order valence-corrected chi connectivity index (χ3v) is 4.65. The van der Waals surface area contributed by atoms with Gasteiger partial charge in [-0.1, -0.05) is 0 Å². The van der Waals surface area contributed by atoms with Gasteiger partial charge in [0.1, 0.15) is 12.1 Å². The molecular weight excluding hydrogens is 349 g/mol. The van der Waals surface area contributed by atoms with Gasteiger partial charge in [-0.05, 0) is 37.9 Å². The molecule has 0 radical (unpaired) electrons. The first-order chi connectivity index (χ1) is 10.8. The van der Waals surface area contributed by atoms with Crippen molar-refractivity contribution in [1.29, 1.82) is 0 Å². The molecule has 0 spiro atoms. The van der Waals surface area contributed by atoms with Gasteiger partial charge < -0.3 is 10.2 Å². The van der Waals surface area contributed by atoms with Gasteiger partial charge in [-0.2, -0.15) is 0 Å². The number of halogens is 2. The van der Waals surface area contributed by atoms with E-state index in [9.17, 15) is 4.79 Å². The van der Waals surface area contributed by atoms with E-state index in [4.69, 9.17) is 0 Å². The second-order valence-electron chi connectivity index (χ2n) is 5.97. The number of carbonyl (C=O) groups excluding carboxylic acids is 1. The summed E-state index contributed by atoms with van der Waals surface area (Å²) < 4.78 is 1.83. The van der Waals surface area contributed by atoms with Gasteiger partial charge in [-0.3, -0.25) is 9.36 Å². The minimum absolute atomic E-state index is 0. The number of rotatable bonds is 2. The summed E-state index contributed by atoms with van der Waals surface area (Å²) in [6, 6.07) is 4.43. The van der Waals surface area contributed by atoms with Crippen LogP contribution >= 0.6 is 24.8 Å². The Kier molecular flexibility index (Phi) is 6.21. The molecule has 1 N–H and O–H groups in total. The van der Waals surface area contributed by atoms with Gasteiger partial charge in [0.05, 0.1) is 5.56 Å². The number of hydrogen-bond acceptors (Lipinski definition) is 4. The number of pyridine rings is 1. The van der Waals surface area contributed by atoms with E-state index >= 15 is 0 Å². The third-order valence-electron chi connectivity index (χ3n) is 4.65. The average Bonchev–Trinajstić information content (AvgIpc) is 3.14. The molecular formula is C16H21Cl2N5O. The van der Waals surface area contributed by atoms with E-state index < -0.39 is 0 Å². The van der Waals surface area contributed by atoms with Gasteiger partial charge in [0.25, 0.3) is 5.91 Å². The van der Waals surface area contributed by atoms with E-state index in [1.54, 1.807) is 18.7 Å². The van der Waals surface area contributed by atoms with Crippen LogP contribution in [0.3, 0.4) is 0 Å². The summed E-state index contributed by atoms with van der Waals surface area (Å²) in [5.74, 6) is 0.885. The third kappa shape index (κ3) is 3.41. The van der Waals surface area contributed by atoms with Crippen LogP contribution in [0.2, 0.25) is 0 Å². The molecule has 130 valence electrons. The summed E-state index contributed by atoms with van der Waals surface area (Å²) in [6.45, 7) is 1.91. The Bertz CT molecular complexity index is 648. The van der Waals surface area contributed by atoms with Gasteiger partial charge in [0.2, 0.25) is 0 Å². The molecule has 2 aromatic heterocycles. The number of nitrogens with zero attached hydrogens (tertiary/aromatic N) is 4. The van der Waals surface area contributed by atoms with Crippen molar-refractivity contribution in [2.24, 2.45) is 0 Å². The van der Waals surface area contributed by atoms with Crippen LogP contribution in [0.5, 0.6) is 0 Å². The second kappa shape index (κ2) is 7.96. The molecule has 2 bridgehead atoms. The van der Waals surface area contributed by atoms with Crippen LogP contribution in [0.15, 0.2) is 37.1 Å². The minimum Gasteiger partial charge on any atom is -0.331 e. The normalized spacial score (nSPS) is 22.2. The molecule has 2 atom stereocenters. The SMILES string of the molecule is Cl.Cl.O=C(c1ccc(-n2ccnc2)nc1)N1C2CCNCC1CC2. The van der Waals surface area contributed by atoms with Gasteiger partial charge in [-0.15, -0.1) is 24.8 Å². The van der Waals surface area contributed by atoms with Gasteiger partial charge in [0, 0.05) is 37.2 Å². The number of imidazole rings is 1. The highest BCUT2D eigenvalue weighted by molar-refractivity contribution is 5.94. The number of fused-ring (bicyclic) bond motifs is 2. The van der Waals surface area contributed by atoms with Crippen LogP contribution in [0.4, 0.5) is 0 Å². The Morgan fingerprint density at radius 3 is 2.71 bits per heavy atom. The molecule has 8 heteroatoms. The predicted molar refractivity (Wildman–Crippen MR) is 96.3 cm³/mol. The maximum atomic E-state index is 12.9. The Morgan fingerprint density at radius 2 is 2.00 bits per heavy atom. The zero-order chi connectivity index (χ0) is 14.9. The summed E-state index contributed by atoms with van der Waals surface area (Å²) in [5.41, 5.74) is 0.669. The molecule has 2 saturated heterocycles. The maximum Gasteiger partial charge on any atom is 0.255 e. The van der Waals surface area contributed by atoms with Crippen molar-refractivity contribution in [2.75, 3.05) is 13.1 Å². The van der Waals surface area contributed by atoms with Crippen molar-refractivity contribution >= 4 is 30.7 Å². The standard InChI is InChI=1S/C16H19N5O.2ClH/c22-16(21-13-2-3-14(21)10-17-6-5-13)12-1-4-15(19-9-12)20-8-7-18-11-20;;/h1,4,7-9,11,13-14,17H,2-3,5-6,10H2;2*1H. The van der Waals surface area contributed by atoms with Crippen molar-refractivity contribution in [1.82, 2.24) is 24.8 Å². The molecule has 2 fully saturated rings. The largest absolute Gasteiger partial charge is 0.331 e. The van der Waals surface area contributed by atoms with Crippen LogP contribution < -0.4 is 5.32 Å². The average molecular weight is 370 g/mol. The maximum absolute atomic E-state index is 12.9. The van der Waals surface area contributed by atoms with Gasteiger partial charge >= 0.3 is 0 Å². The lowest BCUT2D eigenvalue weighted by Gasteiger charge is -2.27. The molecule has 4 heterocycles.